The molecule has 2 aromatic heterocycles. The summed E-state index contributed by atoms with van der Waals surface area (Å²) in [7, 11) is 5.07. The van der Waals surface area contributed by atoms with Gasteiger partial charge in [0.1, 0.15) is 34.6 Å². The SMILES string of the molecule is C.C.C.C.C.C.C.C.CC(C)NC(C)c1ccc(Br)cc1.CC(C)NCCSc1ccnc2ccccc12.CC(C)Nc1ccc(Oc2ccccc2)cc1.CC(C)Nc1ccccc1.CC(C)Nc1ccccc1C(C)C.CCCc1cccnc1NC(C)C.COc1ccc(CCNC(C)C)cc1.COc1cccc(CNC(C)C)c1.COc1cccc([C@@H](C)NC(C)C)c1.Cc1ccc(NC(C)C)cc1. The van der Waals surface area contributed by atoms with Crippen molar-refractivity contribution in [2.45, 2.75) is 349 Å². The van der Waals surface area contributed by atoms with E-state index in [9.17, 15) is 0 Å². The normalized spacial score (nSPS) is 10.4. The molecule has 0 fully saturated rings. The number of fused-ring (bicyclic) bond motifs is 1. The van der Waals surface area contributed by atoms with Crippen LogP contribution in [0, 0.1) is 6.92 Å². The number of thioether (sulfide) groups is 1. The third kappa shape index (κ3) is 68.5. The first-order valence-electron chi connectivity index (χ1n) is 48.6. The Labute approximate surface area is 889 Å². The van der Waals surface area contributed by atoms with Crippen molar-refractivity contribution in [1.29, 1.82) is 0 Å². The average Bonchev–Trinajstić information content (AvgIpc) is 0.832. The summed E-state index contributed by atoms with van der Waals surface area (Å²) < 4.78 is 22.3. The second-order valence-electron chi connectivity index (χ2n) is 36.5. The Morgan fingerprint density at radius 2 is 0.783 bits per heavy atom. The zero-order valence-electron chi connectivity index (χ0n) is 87.4. The second kappa shape index (κ2) is 84.9. The zero-order valence-corrected chi connectivity index (χ0v) is 89.8. The molecule has 0 spiro atoms. The number of para-hydroxylation sites is 4. The fourth-order valence-electron chi connectivity index (χ4n) is 13.1. The van der Waals surface area contributed by atoms with Crippen molar-refractivity contribution in [3.63, 3.8) is 0 Å². The molecule has 0 amide bonds. The predicted molar refractivity (Wildman–Crippen MR) is 648 cm³/mol. The first-order chi connectivity index (χ1) is 64.5. The van der Waals surface area contributed by atoms with Gasteiger partial charge < -0.3 is 72.1 Å². The molecule has 0 saturated heterocycles. The van der Waals surface area contributed by atoms with Gasteiger partial charge in [0.15, 0.2) is 0 Å². The summed E-state index contributed by atoms with van der Waals surface area (Å²) in [4.78, 5) is 10.0. The maximum absolute atomic E-state index is 5.71. The lowest BCUT2D eigenvalue weighted by Crippen LogP contribution is -2.25. The highest BCUT2D eigenvalue weighted by Gasteiger charge is 2.12. The van der Waals surface area contributed by atoms with Gasteiger partial charge in [-0.05, 0) is 282 Å². The summed E-state index contributed by atoms with van der Waals surface area (Å²) in [5, 5.41) is 35.1. The zero-order chi connectivity index (χ0) is 99.8. The van der Waals surface area contributed by atoms with E-state index in [1.54, 1.807) is 21.3 Å². The molecular weight excluding hydrogens is 1850 g/mol. The van der Waals surface area contributed by atoms with Gasteiger partial charge in [0.25, 0.3) is 0 Å². The van der Waals surface area contributed by atoms with E-state index in [1.165, 1.54) is 72.7 Å². The molecule has 0 aliphatic carbocycles. The first-order valence-corrected chi connectivity index (χ1v) is 50.4. The minimum atomic E-state index is 0. The number of aromatic nitrogens is 2. The number of halogens is 1. The van der Waals surface area contributed by atoms with Gasteiger partial charge in [-0.2, -0.15) is 0 Å². The summed E-state index contributed by atoms with van der Waals surface area (Å²) >= 11 is 5.31. The van der Waals surface area contributed by atoms with Crippen LogP contribution in [0.15, 0.2) is 295 Å². The van der Waals surface area contributed by atoms with Gasteiger partial charge >= 0.3 is 0 Å². The van der Waals surface area contributed by atoms with E-state index in [0.717, 1.165) is 88.5 Å². The molecule has 0 radical (unpaired) electrons. The summed E-state index contributed by atoms with van der Waals surface area (Å²) in [6.45, 7) is 59.0. The number of anilines is 5. The summed E-state index contributed by atoms with van der Waals surface area (Å²) in [5.41, 5.74) is 15.1. The average molecular weight is 2050 g/mol. The van der Waals surface area contributed by atoms with Crippen LogP contribution >= 0.6 is 27.7 Å². The highest BCUT2D eigenvalue weighted by atomic mass is 79.9. The van der Waals surface area contributed by atoms with Crippen LogP contribution in [-0.2, 0) is 19.4 Å². The second-order valence-corrected chi connectivity index (χ2v) is 38.5. The quantitative estimate of drug-likeness (QED) is 0.0132. The predicted octanol–water partition coefficient (Wildman–Crippen LogP) is 35.2. The lowest BCUT2D eigenvalue weighted by Gasteiger charge is -2.17. The van der Waals surface area contributed by atoms with Crippen LogP contribution in [0.3, 0.4) is 0 Å². The van der Waals surface area contributed by atoms with Gasteiger partial charge in [-0.15, -0.1) is 11.8 Å². The van der Waals surface area contributed by atoms with Crippen molar-refractivity contribution in [3.05, 3.63) is 329 Å². The number of aryl methyl sites for hydroxylation is 2. The van der Waals surface area contributed by atoms with Crippen molar-refractivity contribution in [1.82, 2.24) is 36.6 Å². The molecule has 2 atom stereocenters. The number of ether oxygens (including phenoxy) is 4. The van der Waals surface area contributed by atoms with E-state index in [1.807, 2.05) is 145 Å². The van der Waals surface area contributed by atoms with E-state index in [4.69, 9.17) is 18.9 Å². The molecular formula is C125H203BrN12O4S. The van der Waals surface area contributed by atoms with Crippen molar-refractivity contribution in [2.24, 2.45) is 0 Å². The highest BCUT2D eigenvalue weighted by molar-refractivity contribution is 9.10. The van der Waals surface area contributed by atoms with Gasteiger partial charge in [-0.25, -0.2) is 4.98 Å². The monoisotopic (exact) mass is 2050 g/mol. The molecule has 143 heavy (non-hydrogen) atoms. The van der Waals surface area contributed by atoms with Crippen LogP contribution < -0.4 is 72.1 Å². The van der Waals surface area contributed by atoms with Crippen molar-refractivity contribution in [3.8, 4) is 28.7 Å². The summed E-state index contributed by atoms with van der Waals surface area (Å²) in [6, 6.07) is 98.3. The summed E-state index contributed by atoms with van der Waals surface area (Å²) in [6.07, 6.45) is 7.06. The molecule has 800 valence electrons. The van der Waals surface area contributed by atoms with Crippen LogP contribution in [0.25, 0.3) is 10.9 Å². The molecule has 12 rings (SSSR count). The minimum absolute atomic E-state index is 0. The van der Waals surface area contributed by atoms with Crippen LogP contribution in [-0.4, -0.2) is 111 Å². The maximum atomic E-state index is 5.71. The lowest BCUT2D eigenvalue weighted by atomic mass is 10.0. The number of benzene rings is 10. The summed E-state index contributed by atoms with van der Waals surface area (Å²) in [5.74, 6) is 7.18. The van der Waals surface area contributed by atoms with Crippen LogP contribution in [0.2, 0.25) is 0 Å². The number of hydrogen-bond acceptors (Lipinski definition) is 17. The molecule has 12 aromatic rings. The third-order valence-electron chi connectivity index (χ3n) is 19.5. The number of nitrogens with one attached hydrogen (secondary N) is 10. The van der Waals surface area contributed by atoms with Crippen molar-refractivity contribution >= 4 is 67.2 Å². The van der Waals surface area contributed by atoms with E-state index >= 15 is 0 Å². The lowest BCUT2D eigenvalue weighted by molar-refractivity contribution is 0.412. The Bertz CT molecular complexity index is 4940. The van der Waals surface area contributed by atoms with Gasteiger partial charge in [-0.3, -0.25) is 4.98 Å². The number of pyridine rings is 2. The van der Waals surface area contributed by atoms with Gasteiger partial charge in [-0.1, -0.05) is 317 Å². The maximum Gasteiger partial charge on any atom is 0.129 e. The fourth-order valence-corrected chi connectivity index (χ4v) is 14.3. The van der Waals surface area contributed by atoms with Gasteiger partial charge in [0.2, 0.25) is 0 Å². The standard InChI is InChI=1S/C15H17NO.C14H18N2S.2C12H19NO.C12H19N.C11H16BrN.C11H18N2.C11H17NO.C10H15N.C9H13N.8CH4/c1-12(2)16-13-8-10-15(11-9-13)17-14-6-4-3-5-7-14;1-11(2)15-9-10-17-14-7-8-16-13-6-4-3-5-12(13)14;1-9(2)13-10(3)11-6-5-7-12(8-11)14-4;1-10(2)13-9-8-11-4-6-12(14-3)7-5-11;1-9(2)11-7-5-6-8-12(11)13-10(3)4;1-8(2)13-9(3)10-4-6-11(12)7-5-10;1-4-6-10-7-5-8-12-11(10)13-9(2)3;1-9(2)12-8-10-5-4-6-11(7-10)13-3;1-8(2)11-10-6-4-9(3)5-7-10;1-8(2)10-9-6-4-3-5-7-9;;;;;;;;/h3-12,16H,1-2H3;3-8,11,15H,9-10H2,1-2H3;5-10,13H,1-4H3;4-7,10,13H,8-9H2,1-3H3;5-10,13H,1-4H3;4-9,13H,1-3H3;5,7-9H,4,6H2,1-3H3,(H,12,13);4-7,9,12H,8H2,1-3H3;4-8,11H,1-3H3;3-8,10H,1-2H3;8*1H4/t;;10-;;;;;;;;;;;;;;;/m..1.............../s1. The van der Waals surface area contributed by atoms with Gasteiger partial charge in [0.05, 0.1) is 26.8 Å². The Hall–Kier alpha value is -10.4. The molecule has 10 N–H and O–H groups in total. The van der Waals surface area contributed by atoms with E-state index in [-0.39, 0.29) is 59.4 Å². The molecule has 0 saturated carbocycles. The molecule has 0 bridgehead atoms. The smallest absolute Gasteiger partial charge is 0.129 e. The Balaban J connectivity index is -0.000000363. The Morgan fingerprint density at radius 3 is 1.29 bits per heavy atom. The molecule has 2 heterocycles. The van der Waals surface area contributed by atoms with E-state index in [2.05, 4.69) is 411 Å². The van der Waals surface area contributed by atoms with Crippen LogP contribution in [0.4, 0.5) is 28.6 Å². The van der Waals surface area contributed by atoms with Crippen molar-refractivity contribution in [2.75, 3.05) is 66.8 Å². The molecule has 16 nitrogen and oxygen atoms in total. The molecule has 18 heteroatoms. The number of rotatable bonds is 36. The number of hydrogen-bond donors (Lipinski definition) is 10. The molecule has 0 aliphatic heterocycles. The Kier molecular flexibility index (Phi) is 85.1. The highest BCUT2D eigenvalue weighted by Crippen LogP contribution is 2.29. The Morgan fingerprint density at radius 1 is 0.336 bits per heavy atom. The molecule has 10 aromatic carbocycles. The largest absolute Gasteiger partial charge is 0.497 e. The van der Waals surface area contributed by atoms with E-state index < -0.39 is 0 Å². The van der Waals surface area contributed by atoms with Crippen molar-refractivity contribution < 1.29 is 18.9 Å². The fraction of sp³-hybridized carbons (Fsp3) is 0.456. The number of nitrogens with zero attached hydrogens (tertiary/aromatic N) is 2. The first kappa shape index (κ1) is 143. The van der Waals surface area contributed by atoms with Crippen LogP contribution in [0.5, 0.6) is 28.7 Å². The topological polar surface area (TPSA) is 183 Å². The number of methoxy groups -OCH3 is 3. The molecule has 0 aliphatic rings. The third-order valence-corrected chi connectivity index (χ3v) is 21.1. The minimum Gasteiger partial charge on any atom is -0.497 e. The molecule has 1 unspecified atom stereocenters. The van der Waals surface area contributed by atoms with Crippen LogP contribution in [0.1, 0.15) is 296 Å². The van der Waals surface area contributed by atoms with Gasteiger partial charge in [0, 0.05) is 141 Å². The van der Waals surface area contributed by atoms with E-state index in [0.29, 0.717) is 78.4 Å².